The van der Waals surface area contributed by atoms with Crippen molar-refractivity contribution in [3.63, 3.8) is 0 Å². The molecule has 6 nitrogen and oxygen atoms in total. The largest absolute Gasteiger partial charge is 0.454 e. The van der Waals surface area contributed by atoms with Crippen LogP contribution in [0.25, 0.3) is 0 Å². The Morgan fingerprint density at radius 2 is 1.85 bits per heavy atom. The lowest BCUT2D eigenvalue weighted by atomic mass is 10.1. The van der Waals surface area contributed by atoms with Gasteiger partial charge in [0.2, 0.25) is 0 Å². The van der Waals surface area contributed by atoms with Gasteiger partial charge >= 0.3 is 5.97 Å². The summed E-state index contributed by atoms with van der Waals surface area (Å²) >= 11 is 12.1. The number of benzene rings is 1. The molecule has 1 aliphatic carbocycles. The summed E-state index contributed by atoms with van der Waals surface area (Å²) < 4.78 is 5.16. The summed E-state index contributed by atoms with van der Waals surface area (Å²) in [5.41, 5.74) is 0.253. The quantitative estimate of drug-likeness (QED) is 0.753. The van der Waals surface area contributed by atoms with Crippen LogP contribution in [-0.2, 0) is 14.3 Å². The number of halogens is 2. The number of hydrogen-bond acceptors (Lipinski definition) is 4. The molecule has 1 heterocycles. The maximum atomic E-state index is 12.8. The lowest BCUT2D eigenvalue weighted by Gasteiger charge is -2.24. The Morgan fingerprint density at radius 3 is 2.59 bits per heavy atom. The van der Waals surface area contributed by atoms with Crippen LogP contribution in [0.15, 0.2) is 18.2 Å². The molecule has 146 valence electrons. The molecule has 1 saturated heterocycles. The van der Waals surface area contributed by atoms with E-state index >= 15 is 0 Å². The highest BCUT2D eigenvalue weighted by Crippen LogP contribution is 2.26. The second-order valence-corrected chi connectivity index (χ2v) is 7.78. The van der Waals surface area contributed by atoms with E-state index in [1.54, 1.807) is 12.1 Å². The average Bonchev–Trinajstić information content (AvgIpc) is 3.33. The van der Waals surface area contributed by atoms with Crippen molar-refractivity contribution in [3.8, 4) is 0 Å². The van der Waals surface area contributed by atoms with Crippen molar-refractivity contribution >= 4 is 41.0 Å². The third kappa shape index (κ3) is 4.93. The van der Waals surface area contributed by atoms with E-state index in [1.807, 2.05) is 0 Å². The SMILES string of the molecule is O=C(COC(=O)[C@@H]1CCCN1C(=O)c1cc(Cl)ccc1Cl)NC1CCCC1. The number of carbonyl (C=O) groups is 3. The minimum absolute atomic E-state index is 0.172. The maximum Gasteiger partial charge on any atom is 0.329 e. The van der Waals surface area contributed by atoms with Gasteiger partial charge in [-0.2, -0.15) is 0 Å². The topological polar surface area (TPSA) is 75.7 Å². The third-order valence-corrected chi connectivity index (χ3v) is 5.58. The zero-order chi connectivity index (χ0) is 19.4. The Hall–Kier alpha value is -1.79. The first-order valence-electron chi connectivity index (χ1n) is 9.17. The number of rotatable bonds is 5. The van der Waals surface area contributed by atoms with Gasteiger partial charge < -0.3 is 15.0 Å². The second kappa shape index (κ2) is 8.93. The highest BCUT2D eigenvalue weighted by Gasteiger charge is 2.36. The van der Waals surface area contributed by atoms with Crippen LogP contribution in [0, 0.1) is 0 Å². The van der Waals surface area contributed by atoms with E-state index in [4.69, 9.17) is 27.9 Å². The van der Waals surface area contributed by atoms with Gasteiger partial charge in [0.15, 0.2) is 6.61 Å². The molecule has 1 atom stereocenters. The normalized spacial score (nSPS) is 19.9. The summed E-state index contributed by atoms with van der Waals surface area (Å²) in [5.74, 6) is -1.23. The molecule has 2 fully saturated rings. The molecular weight excluding hydrogens is 391 g/mol. The molecule has 1 aliphatic heterocycles. The molecular formula is C19H22Cl2N2O4. The van der Waals surface area contributed by atoms with Crippen LogP contribution in [0.3, 0.4) is 0 Å². The molecule has 0 aromatic heterocycles. The summed E-state index contributed by atoms with van der Waals surface area (Å²) in [6.07, 6.45) is 5.31. The predicted molar refractivity (Wildman–Crippen MR) is 102 cm³/mol. The molecule has 2 aliphatic rings. The Kier molecular flexibility index (Phi) is 6.60. The molecule has 2 amide bonds. The van der Waals surface area contributed by atoms with Gasteiger partial charge in [-0.25, -0.2) is 4.79 Å². The van der Waals surface area contributed by atoms with Gasteiger partial charge in [0.1, 0.15) is 6.04 Å². The van der Waals surface area contributed by atoms with E-state index in [0.29, 0.717) is 24.4 Å². The van der Waals surface area contributed by atoms with Crippen LogP contribution in [0.2, 0.25) is 10.0 Å². The highest BCUT2D eigenvalue weighted by atomic mass is 35.5. The van der Waals surface area contributed by atoms with E-state index in [2.05, 4.69) is 5.32 Å². The van der Waals surface area contributed by atoms with E-state index in [0.717, 1.165) is 25.7 Å². The van der Waals surface area contributed by atoms with E-state index in [9.17, 15) is 14.4 Å². The molecule has 0 unspecified atom stereocenters. The van der Waals surface area contributed by atoms with Crippen LogP contribution in [-0.4, -0.2) is 47.9 Å². The number of amides is 2. The van der Waals surface area contributed by atoms with Crippen LogP contribution >= 0.6 is 23.2 Å². The predicted octanol–water partition coefficient (Wildman–Crippen LogP) is 3.20. The van der Waals surface area contributed by atoms with Gasteiger partial charge in [-0.3, -0.25) is 9.59 Å². The van der Waals surface area contributed by atoms with Gasteiger partial charge in [-0.05, 0) is 43.9 Å². The van der Waals surface area contributed by atoms with Crippen molar-refractivity contribution in [3.05, 3.63) is 33.8 Å². The Labute approximate surface area is 168 Å². The van der Waals surface area contributed by atoms with Gasteiger partial charge in [0.05, 0.1) is 10.6 Å². The Balaban J connectivity index is 1.58. The molecule has 3 rings (SSSR count). The number of esters is 1. The summed E-state index contributed by atoms with van der Waals surface area (Å²) in [6, 6.07) is 4.09. The van der Waals surface area contributed by atoms with E-state index in [-0.39, 0.29) is 35.0 Å². The number of likely N-dealkylation sites (tertiary alicyclic amines) is 1. The number of hydrogen-bond donors (Lipinski definition) is 1. The second-order valence-electron chi connectivity index (χ2n) is 6.94. The molecule has 1 aromatic carbocycles. The first kappa shape index (κ1) is 20.0. The molecule has 8 heteroatoms. The fourth-order valence-corrected chi connectivity index (χ4v) is 4.01. The molecule has 1 saturated carbocycles. The minimum atomic E-state index is -0.716. The minimum Gasteiger partial charge on any atom is -0.454 e. The lowest BCUT2D eigenvalue weighted by molar-refractivity contribution is -0.152. The third-order valence-electron chi connectivity index (χ3n) is 5.01. The average molecular weight is 413 g/mol. The van der Waals surface area contributed by atoms with E-state index < -0.39 is 12.0 Å². The van der Waals surface area contributed by atoms with Crippen LogP contribution in [0.4, 0.5) is 0 Å². The summed E-state index contributed by atoms with van der Waals surface area (Å²) in [7, 11) is 0. The Morgan fingerprint density at radius 1 is 1.11 bits per heavy atom. The van der Waals surface area contributed by atoms with Crippen molar-refractivity contribution in [1.82, 2.24) is 10.2 Å². The number of nitrogens with zero attached hydrogens (tertiary/aromatic N) is 1. The molecule has 0 bridgehead atoms. The van der Waals surface area contributed by atoms with Gasteiger partial charge in [0.25, 0.3) is 11.8 Å². The number of ether oxygens (including phenoxy) is 1. The van der Waals surface area contributed by atoms with Crippen molar-refractivity contribution in [2.24, 2.45) is 0 Å². The van der Waals surface area contributed by atoms with Crippen LogP contribution in [0.1, 0.15) is 48.9 Å². The molecule has 1 N–H and O–H groups in total. The monoisotopic (exact) mass is 412 g/mol. The maximum absolute atomic E-state index is 12.8. The van der Waals surface area contributed by atoms with Crippen molar-refractivity contribution in [2.75, 3.05) is 13.2 Å². The zero-order valence-electron chi connectivity index (χ0n) is 14.9. The summed E-state index contributed by atoms with van der Waals surface area (Å²) in [6.45, 7) is 0.0987. The fourth-order valence-electron chi connectivity index (χ4n) is 3.64. The molecule has 27 heavy (non-hydrogen) atoms. The van der Waals surface area contributed by atoms with Crippen LogP contribution in [0.5, 0.6) is 0 Å². The molecule has 0 radical (unpaired) electrons. The van der Waals surface area contributed by atoms with Crippen molar-refractivity contribution in [1.29, 1.82) is 0 Å². The summed E-state index contributed by atoms with van der Waals surface area (Å²) in [5, 5.41) is 3.54. The first-order chi connectivity index (χ1) is 13.0. The Bertz CT molecular complexity index is 734. The number of carbonyl (C=O) groups excluding carboxylic acids is 3. The summed E-state index contributed by atoms with van der Waals surface area (Å²) in [4.78, 5) is 38.6. The first-order valence-corrected chi connectivity index (χ1v) is 9.93. The van der Waals surface area contributed by atoms with Crippen LogP contribution < -0.4 is 5.32 Å². The number of nitrogens with one attached hydrogen (secondary N) is 1. The van der Waals surface area contributed by atoms with Gasteiger partial charge in [-0.1, -0.05) is 36.0 Å². The molecule has 0 spiro atoms. The standard InChI is InChI=1S/C19H22Cl2N2O4/c20-12-7-8-15(21)14(10-12)18(25)23-9-3-6-16(23)19(26)27-11-17(24)22-13-4-1-2-5-13/h7-8,10,13,16H,1-6,9,11H2,(H,22,24)/t16-/m0/s1. The smallest absolute Gasteiger partial charge is 0.329 e. The highest BCUT2D eigenvalue weighted by molar-refractivity contribution is 6.35. The van der Waals surface area contributed by atoms with E-state index in [1.165, 1.54) is 11.0 Å². The molecule has 1 aromatic rings. The zero-order valence-corrected chi connectivity index (χ0v) is 16.4. The van der Waals surface area contributed by atoms with Gasteiger partial charge in [0, 0.05) is 17.6 Å². The fraction of sp³-hybridized carbons (Fsp3) is 0.526. The van der Waals surface area contributed by atoms with Gasteiger partial charge in [-0.15, -0.1) is 0 Å². The lowest BCUT2D eigenvalue weighted by Crippen LogP contribution is -2.43. The van der Waals surface area contributed by atoms with Crippen molar-refractivity contribution < 1.29 is 19.1 Å². The van der Waals surface area contributed by atoms with Crippen molar-refractivity contribution in [2.45, 2.75) is 50.6 Å².